The first-order chi connectivity index (χ1) is 13.9. The number of hydrogen-bond donors (Lipinski definition) is 0. The van der Waals surface area contributed by atoms with Crippen LogP contribution >= 0.6 is 8.58 Å². The molecule has 160 valence electrons. The van der Waals surface area contributed by atoms with Crippen LogP contribution in [0.25, 0.3) is 0 Å². The molecule has 0 bridgehead atoms. The average Bonchev–Trinajstić information content (AvgIpc) is 2.72. The maximum Gasteiger partial charge on any atom is 0.188 e. The molecule has 5 nitrogen and oxygen atoms in total. The maximum atomic E-state index is 5.98. The zero-order chi connectivity index (χ0) is 21.4. The quantitative estimate of drug-likeness (QED) is 0.399. The number of nitrogens with zero attached hydrogens (tertiary/aromatic N) is 1. The smallest absolute Gasteiger partial charge is 0.188 e. The van der Waals surface area contributed by atoms with Crippen molar-refractivity contribution in [2.75, 3.05) is 42.2 Å². The van der Waals surface area contributed by atoms with E-state index in [4.69, 9.17) is 18.9 Å². The Morgan fingerprint density at radius 2 is 1.76 bits per heavy atom. The first kappa shape index (κ1) is 23.5. The van der Waals surface area contributed by atoms with Gasteiger partial charge in [-0.1, -0.05) is 46.7 Å². The lowest BCUT2D eigenvalue weighted by molar-refractivity contribution is 0.0479. The zero-order valence-corrected chi connectivity index (χ0v) is 19.7. The molecule has 0 saturated carbocycles. The van der Waals surface area contributed by atoms with Crippen LogP contribution in [0.15, 0.2) is 36.4 Å². The summed E-state index contributed by atoms with van der Waals surface area (Å²) in [5.41, 5.74) is 2.43. The molecule has 0 saturated heterocycles. The maximum absolute atomic E-state index is 5.98. The van der Waals surface area contributed by atoms with Gasteiger partial charge in [0.15, 0.2) is 18.3 Å². The van der Waals surface area contributed by atoms with Crippen molar-refractivity contribution >= 4 is 13.9 Å². The molecule has 0 N–H and O–H groups in total. The van der Waals surface area contributed by atoms with Crippen LogP contribution in [0.4, 0.5) is 0 Å². The van der Waals surface area contributed by atoms with Crippen molar-refractivity contribution in [1.82, 2.24) is 4.90 Å². The van der Waals surface area contributed by atoms with Gasteiger partial charge in [0, 0.05) is 30.4 Å². The molecule has 0 radical (unpaired) electrons. The summed E-state index contributed by atoms with van der Waals surface area (Å²) in [6.45, 7) is 5.58. The number of ether oxygens (including phenoxy) is 4. The van der Waals surface area contributed by atoms with Crippen molar-refractivity contribution < 1.29 is 18.9 Å². The van der Waals surface area contributed by atoms with Crippen molar-refractivity contribution in [2.24, 2.45) is 0 Å². The lowest BCUT2D eigenvalue weighted by Gasteiger charge is -2.33. The van der Waals surface area contributed by atoms with Gasteiger partial charge in [0.05, 0.1) is 14.2 Å². The van der Waals surface area contributed by atoms with Crippen LogP contribution in [0, 0.1) is 0 Å². The Morgan fingerprint density at radius 3 is 2.34 bits per heavy atom. The molecule has 0 aliphatic carbocycles. The van der Waals surface area contributed by atoms with Gasteiger partial charge in [0.2, 0.25) is 0 Å². The summed E-state index contributed by atoms with van der Waals surface area (Å²) in [4.78, 5) is 2.20. The van der Waals surface area contributed by atoms with Gasteiger partial charge >= 0.3 is 0 Å². The normalized spacial score (nSPS) is 13.7. The number of benzene rings is 2. The molecule has 6 heteroatoms. The van der Waals surface area contributed by atoms with Crippen molar-refractivity contribution in [3.05, 3.63) is 47.5 Å². The highest BCUT2D eigenvalue weighted by Gasteiger charge is 2.32. The molecule has 2 aromatic rings. The van der Waals surface area contributed by atoms with Crippen molar-refractivity contribution in [3.63, 3.8) is 0 Å². The number of rotatable bonds is 11. The van der Waals surface area contributed by atoms with Crippen LogP contribution in [0.1, 0.15) is 31.4 Å². The van der Waals surface area contributed by atoms with E-state index in [-0.39, 0.29) is 11.9 Å². The van der Waals surface area contributed by atoms with E-state index in [0.29, 0.717) is 14.3 Å². The molecule has 2 rings (SSSR count). The Hall–Kier alpha value is -1.81. The summed E-state index contributed by atoms with van der Waals surface area (Å²) in [6.07, 6.45) is 0.946. The van der Waals surface area contributed by atoms with Crippen LogP contribution in [0.5, 0.6) is 17.2 Å². The first-order valence-electron chi connectivity index (χ1n) is 9.77. The molecule has 2 atom stereocenters. The van der Waals surface area contributed by atoms with E-state index in [2.05, 4.69) is 63.2 Å². The molecule has 0 aromatic heterocycles. The van der Waals surface area contributed by atoms with Crippen LogP contribution in [-0.2, 0) is 16.4 Å². The molecular formula is C23H34NO4P. The zero-order valence-electron chi connectivity index (χ0n) is 18.7. The molecule has 29 heavy (non-hydrogen) atoms. The van der Waals surface area contributed by atoms with Gasteiger partial charge in [0.1, 0.15) is 5.75 Å². The van der Waals surface area contributed by atoms with E-state index in [1.54, 1.807) is 21.3 Å². The van der Waals surface area contributed by atoms with Crippen LogP contribution < -0.4 is 19.5 Å². The number of methoxy groups -OCH3 is 3. The summed E-state index contributed by atoms with van der Waals surface area (Å²) >= 11 is 0. The monoisotopic (exact) mass is 419 g/mol. The summed E-state index contributed by atoms with van der Waals surface area (Å²) in [5, 5.41) is 1.22. The third kappa shape index (κ3) is 5.85. The van der Waals surface area contributed by atoms with E-state index < -0.39 is 0 Å². The second-order valence-corrected chi connectivity index (χ2v) is 9.36. The fourth-order valence-electron chi connectivity index (χ4n) is 3.29. The first-order valence-corrected chi connectivity index (χ1v) is 10.8. The highest BCUT2D eigenvalue weighted by atomic mass is 31.1. The molecular weight excluding hydrogens is 385 g/mol. The summed E-state index contributed by atoms with van der Waals surface area (Å²) in [6, 6.07) is 12.6. The topological polar surface area (TPSA) is 40.2 Å². The Balaban J connectivity index is 2.56. The minimum atomic E-state index is -0.146. The molecule has 0 spiro atoms. The third-order valence-electron chi connectivity index (χ3n) is 5.02. The lowest BCUT2D eigenvalue weighted by atomic mass is 9.95. The predicted octanol–water partition coefficient (Wildman–Crippen LogP) is 4.38. The predicted molar refractivity (Wildman–Crippen MR) is 121 cm³/mol. The molecule has 2 unspecified atom stereocenters. The minimum Gasteiger partial charge on any atom is -0.497 e. The second kappa shape index (κ2) is 10.8. The second-order valence-electron chi connectivity index (χ2n) is 7.46. The van der Waals surface area contributed by atoms with E-state index in [0.717, 1.165) is 30.0 Å². The fraction of sp³-hybridized carbons (Fsp3) is 0.478. The van der Waals surface area contributed by atoms with E-state index >= 15 is 0 Å². The largest absolute Gasteiger partial charge is 0.497 e. The third-order valence-corrected chi connectivity index (χ3v) is 6.95. The highest BCUT2D eigenvalue weighted by Crippen LogP contribution is 2.51. The average molecular weight is 420 g/mol. The van der Waals surface area contributed by atoms with Gasteiger partial charge in [-0.2, -0.15) is 0 Å². The van der Waals surface area contributed by atoms with Gasteiger partial charge < -0.3 is 23.8 Å². The van der Waals surface area contributed by atoms with Crippen molar-refractivity contribution in [3.8, 4) is 17.2 Å². The van der Waals surface area contributed by atoms with Crippen molar-refractivity contribution in [1.29, 1.82) is 0 Å². The summed E-state index contributed by atoms with van der Waals surface area (Å²) < 4.78 is 22.3. The Morgan fingerprint density at radius 1 is 1.03 bits per heavy atom. The highest BCUT2D eigenvalue weighted by molar-refractivity contribution is 7.48. The molecule has 0 aliphatic heterocycles. The Bertz CT molecular complexity index is 796. The molecule has 0 heterocycles. The van der Waals surface area contributed by atoms with Crippen LogP contribution in [0.2, 0.25) is 0 Å². The molecule has 0 fully saturated rings. The van der Waals surface area contributed by atoms with Crippen molar-refractivity contribution in [2.45, 2.75) is 32.0 Å². The van der Waals surface area contributed by atoms with E-state index in [1.807, 2.05) is 6.07 Å². The standard InChI is InChI=1S/C23H34NO4P/c1-8-23(2,29-21-12-10-9-11-17(21)15-24(3)4)19-13-18(26-6)14-20(27-7)22(19)28-16-25-5/h9-14,29H,8,15-16H2,1-7H3. The Labute approximate surface area is 177 Å². The van der Waals surface area contributed by atoms with Gasteiger partial charge in [-0.3, -0.25) is 0 Å². The SMILES string of the molecule is CCC(C)(Pc1ccccc1CN(C)C)c1cc(OC)cc(OC)c1OCOC. The summed E-state index contributed by atoms with van der Waals surface area (Å²) in [7, 11) is 9.70. The lowest BCUT2D eigenvalue weighted by Crippen LogP contribution is -2.23. The van der Waals surface area contributed by atoms with Crippen LogP contribution in [0.3, 0.4) is 0 Å². The number of hydrogen-bond acceptors (Lipinski definition) is 5. The summed E-state index contributed by atoms with van der Waals surface area (Å²) in [5.74, 6) is 2.13. The van der Waals surface area contributed by atoms with E-state index in [9.17, 15) is 0 Å². The van der Waals surface area contributed by atoms with Gasteiger partial charge in [-0.05, 0) is 37.5 Å². The van der Waals surface area contributed by atoms with Gasteiger partial charge in [-0.25, -0.2) is 0 Å². The van der Waals surface area contributed by atoms with E-state index in [1.165, 1.54) is 10.9 Å². The van der Waals surface area contributed by atoms with Gasteiger partial charge in [0.25, 0.3) is 0 Å². The minimum absolute atomic E-state index is 0.146. The van der Waals surface area contributed by atoms with Crippen LogP contribution in [-0.4, -0.2) is 47.1 Å². The fourth-order valence-corrected chi connectivity index (χ4v) is 4.88. The molecule has 2 aromatic carbocycles. The molecule has 0 amide bonds. The molecule has 0 aliphatic rings. The Kier molecular flexibility index (Phi) is 8.76. The van der Waals surface area contributed by atoms with Gasteiger partial charge in [-0.15, -0.1) is 0 Å².